The minimum atomic E-state index is -0.598. The van der Waals surface area contributed by atoms with Crippen molar-refractivity contribution in [2.45, 2.75) is 18.9 Å². The van der Waals surface area contributed by atoms with Crippen LogP contribution in [0.1, 0.15) is 23.9 Å². The molecule has 2 aromatic rings. The number of benzene rings is 1. The number of nitrogens with one attached hydrogen (secondary N) is 1. The Hall–Kier alpha value is -2.28. The number of halogens is 2. The van der Waals surface area contributed by atoms with Crippen molar-refractivity contribution in [2.24, 2.45) is 13.0 Å². The van der Waals surface area contributed by atoms with E-state index in [0.717, 1.165) is 0 Å². The molecule has 24 heavy (non-hydrogen) atoms. The van der Waals surface area contributed by atoms with Crippen LogP contribution >= 0.6 is 0 Å². The van der Waals surface area contributed by atoms with E-state index in [1.807, 2.05) is 11.6 Å². The molecule has 1 saturated heterocycles. The predicted octanol–water partition coefficient (Wildman–Crippen LogP) is 2.13. The third kappa shape index (κ3) is 3.31. The number of imidazole rings is 1. The van der Waals surface area contributed by atoms with Gasteiger partial charge in [0.15, 0.2) is 0 Å². The van der Waals surface area contributed by atoms with Gasteiger partial charge < -0.3 is 14.6 Å². The Kier molecular flexibility index (Phi) is 4.89. The molecule has 128 valence electrons. The second kappa shape index (κ2) is 7.09. The maximum absolute atomic E-state index is 13.6. The zero-order chi connectivity index (χ0) is 17.1. The highest BCUT2D eigenvalue weighted by atomic mass is 19.1. The number of aryl methyl sites for hydroxylation is 1. The van der Waals surface area contributed by atoms with Crippen molar-refractivity contribution >= 4 is 5.91 Å². The van der Waals surface area contributed by atoms with E-state index in [1.54, 1.807) is 12.4 Å². The van der Waals surface area contributed by atoms with Gasteiger partial charge in [-0.3, -0.25) is 4.79 Å². The molecule has 1 aromatic carbocycles. The number of hydrogen-bond donors (Lipinski definition) is 1. The SMILES string of the molecule is Cn1ccnc1[C@@H]1OCC[C@H]1C(=O)NCCc1c(F)cccc1F. The number of ether oxygens (including phenoxy) is 1. The number of aromatic nitrogens is 2. The smallest absolute Gasteiger partial charge is 0.226 e. The van der Waals surface area contributed by atoms with Crippen molar-refractivity contribution in [3.63, 3.8) is 0 Å². The molecule has 0 unspecified atom stereocenters. The molecule has 1 fully saturated rings. The van der Waals surface area contributed by atoms with Crippen LogP contribution < -0.4 is 5.32 Å². The first-order chi connectivity index (χ1) is 11.6. The fourth-order valence-corrected chi connectivity index (χ4v) is 2.98. The largest absolute Gasteiger partial charge is 0.369 e. The van der Waals surface area contributed by atoms with E-state index in [0.29, 0.717) is 18.9 Å². The fraction of sp³-hybridized carbons (Fsp3) is 0.412. The van der Waals surface area contributed by atoms with E-state index >= 15 is 0 Å². The molecule has 0 radical (unpaired) electrons. The normalized spacial score (nSPS) is 20.3. The number of nitrogens with zero attached hydrogens (tertiary/aromatic N) is 2. The molecule has 3 rings (SSSR count). The lowest BCUT2D eigenvalue weighted by Crippen LogP contribution is -2.34. The Morgan fingerprint density at radius 1 is 1.42 bits per heavy atom. The third-order valence-corrected chi connectivity index (χ3v) is 4.28. The molecule has 2 atom stereocenters. The molecule has 1 amide bonds. The van der Waals surface area contributed by atoms with Crippen LogP contribution in [0.4, 0.5) is 8.78 Å². The molecule has 2 heterocycles. The molecule has 7 heteroatoms. The van der Waals surface area contributed by atoms with Crippen molar-refractivity contribution in [1.82, 2.24) is 14.9 Å². The number of carbonyl (C=O) groups is 1. The van der Waals surface area contributed by atoms with E-state index < -0.39 is 17.7 Å². The van der Waals surface area contributed by atoms with Crippen molar-refractivity contribution in [1.29, 1.82) is 0 Å². The summed E-state index contributed by atoms with van der Waals surface area (Å²) < 4.78 is 34.6. The second-order valence-electron chi connectivity index (χ2n) is 5.82. The van der Waals surface area contributed by atoms with Crippen molar-refractivity contribution in [2.75, 3.05) is 13.2 Å². The van der Waals surface area contributed by atoms with Crippen LogP contribution in [-0.2, 0) is 23.0 Å². The van der Waals surface area contributed by atoms with Crippen LogP contribution in [0.15, 0.2) is 30.6 Å². The fourth-order valence-electron chi connectivity index (χ4n) is 2.98. The number of amides is 1. The minimum Gasteiger partial charge on any atom is -0.369 e. The van der Waals surface area contributed by atoms with Gasteiger partial charge >= 0.3 is 0 Å². The monoisotopic (exact) mass is 335 g/mol. The van der Waals surface area contributed by atoms with Gasteiger partial charge in [0.25, 0.3) is 0 Å². The van der Waals surface area contributed by atoms with Gasteiger partial charge in [-0.2, -0.15) is 0 Å². The lowest BCUT2D eigenvalue weighted by molar-refractivity contribution is -0.126. The van der Waals surface area contributed by atoms with Crippen molar-refractivity contribution in [3.8, 4) is 0 Å². The summed E-state index contributed by atoms with van der Waals surface area (Å²) in [6, 6.07) is 3.74. The van der Waals surface area contributed by atoms with Gasteiger partial charge in [0.05, 0.1) is 5.92 Å². The van der Waals surface area contributed by atoms with Gasteiger partial charge in [-0.25, -0.2) is 13.8 Å². The summed E-state index contributed by atoms with van der Waals surface area (Å²) in [5, 5.41) is 2.75. The first kappa shape index (κ1) is 16.6. The first-order valence-electron chi connectivity index (χ1n) is 7.87. The zero-order valence-corrected chi connectivity index (χ0v) is 13.3. The van der Waals surface area contributed by atoms with Gasteiger partial charge in [0, 0.05) is 38.2 Å². The topological polar surface area (TPSA) is 56.2 Å². The van der Waals surface area contributed by atoms with E-state index in [4.69, 9.17) is 4.74 Å². The Labute approximate surface area is 138 Å². The van der Waals surface area contributed by atoms with E-state index in [2.05, 4.69) is 10.3 Å². The van der Waals surface area contributed by atoms with Crippen LogP contribution in [0, 0.1) is 17.6 Å². The summed E-state index contributed by atoms with van der Waals surface area (Å²) in [7, 11) is 1.85. The summed E-state index contributed by atoms with van der Waals surface area (Å²) in [4.78, 5) is 16.6. The maximum atomic E-state index is 13.6. The Bertz CT molecular complexity index is 712. The quantitative estimate of drug-likeness (QED) is 0.911. The molecular formula is C17H19F2N3O2. The number of rotatable bonds is 5. The molecule has 1 aromatic heterocycles. The summed E-state index contributed by atoms with van der Waals surface area (Å²) in [6.07, 6.45) is 3.76. The Balaban J connectivity index is 1.60. The lowest BCUT2D eigenvalue weighted by atomic mass is 9.99. The summed E-state index contributed by atoms with van der Waals surface area (Å²) >= 11 is 0. The van der Waals surface area contributed by atoms with Crippen LogP contribution in [0.3, 0.4) is 0 Å². The Morgan fingerprint density at radius 3 is 2.83 bits per heavy atom. The molecule has 5 nitrogen and oxygen atoms in total. The first-order valence-corrected chi connectivity index (χ1v) is 7.87. The van der Waals surface area contributed by atoms with Gasteiger partial charge in [-0.05, 0) is 25.0 Å². The van der Waals surface area contributed by atoms with E-state index in [1.165, 1.54) is 18.2 Å². The van der Waals surface area contributed by atoms with Crippen molar-refractivity contribution in [3.05, 3.63) is 53.6 Å². The van der Waals surface area contributed by atoms with Gasteiger partial charge in [0.2, 0.25) is 5.91 Å². The van der Waals surface area contributed by atoms with E-state index in [-0.39, 0.29) is 30.4 Å². The third-order valence-electron chi connectivity index (χ3n) is 4.28. The van der Waals surface area contributed by atoms with E-state index in [9.17, 15) is 13.6 Å². The van der Waals surface area contributed by atoms with Crippen molar-refractivity contribution < 1.29 is 18.3 Å². The number of hydrogen-bond acceptors (Lipinski definition) is 3. The highest BCUT2D eigenvalue weighted by Crippen LogP contribution is 2.33. The predicted molar refractivity (Wildman–Crippen MR) is 83.1 cm³/mol. The molecular weight excluding hydrogens is 316 g/mol. The van der Waals surface area contributed by atoms with Crippen LogP contribution in [-0.4, -0.2) is 28.6 Å². The number of carbonyl (C=O) groups excluding carboxylic acids is 1. The highest BCUT2D eigenvalue weighted by Gasteiger charge is 2.37. The van der Waals surface area contributed by atoms with Crippen LogP contribution in [0.2, 0.25) is 0 Å². The average molecular weight is 335 g/mol. The summed E-state index contributed by atoms with van der Waals surface area (Å²) in [6.45, 7) is 0.651. The maximum Gasteiger partial charge on any atom is 0.226 e. The molecule has 0 saturated carbocycles. The van der Waals surface area contributed by atoms with Crippen LogP contribution in [0.25, 0.3) is 0 Å². The summed E-state index contributed by atoms with van der Waals surface area (Å²) in [5.74, 6) is -1.03. The zero-order valence-electron chi connectivity index (χ0n) is 13.3. The Morgan fingerprint density at radius 2 is 2.17 bits per heavy atom. The minimum absolute atomic E-state index is 0.0128. The second-order valence-corrected chi connectivity index (χ2v) is 5.82. The molecule has 0 spiro atoms. The highest BCUT2D eigenvalue weighted by molar-refractivity contribution is 5.79. The molecule has 1 N–H and O–H groups in total. The van der Waals surface area contributed by atoms with Gasteiger partial charge in [-0.15, -0.1) is 0 Å². The van der Waals surface area contributed by atoms with Gasteiger partial charge in [0.1, 0.15) is 23.6 Å². The summed E-state index contributed by atoms with van der Waals surface area (Å²) in [5.41, 5.74) is -0.0128. The molecule has 1 aliphatic heterocycles. The molecule has 1 aliphatic rings. The van der Waals surface area contributed by atoms with Crippen LogP contribution in [0.5, 0.6) is 0 Å². The average Bonchev–Trinajstić information content (AvgIpc) is 3.18. The standard InChI is InChI=1S/C17H19F2N3O2/c1-22-9-8-20-16(22)15-12(6-10-24-15)17(23)21-7-5-11-13(18)3-2-4-14(11)19/h2-4,8-9,12,15H,5-7,10H2,1H3,(H,21,23)/t12-,15-/m1/s1. The van der Waals surface area contributed by atoms with Gasteiger partial charge in [-0.1, -0.05) is 6.07 Å². The molecule has 0 bridgehead atoms. The lowest BCUT2D eigenvalue weighted by Gasteiger charge is -2.18. The molecule has 0 aliphatic carbocycles.